The zero-order valence-corrected chi connectivity index (χ0v) is 17.2. The first-order valence-electron chi connectivity index (χ1n) is 8.34. The van der Waals surface area contributed by atoms with Crippen molar-refractivity contribution in [3.05, 3.63) is 76.9 Å². The average molecular weight is 461 g/mol. The number of furan rings is 1. The number of nitrogens with one attached hydrogen (secondary N) is 1. The van der Waals surface area contributed by atoms with Gasteiger partial charge in [-0.25, -0.2) is 0 Å². The molecule has 3 aromatic rings. The summed E-state index contributed by atoms with van der Waals surface area (Å²) >= 11 is 4.65. The summed E-state index contributed by atoms with van der Waals surface area (Å²) in [7, 11) is 0. The van der Waals surface area contributed by atoms with E-state index in [1.54, 1.807) is 30.3 Å². The number of ketones is 1. The van der Waals surface area contributed by atoms with Gasteiger partial charge in [-0.05, 0) is 24.3 Å². The number of benzene rings is 1. The lowest BCUT2D eigenvalue weighted by molar-refractivity contribution is 0.0921. The average Bonchev–Trinajstić information content (AvgIpc) is 3.36. The Balaban J connectivity index is 1.64. The van der Waals surface area contributed by atoms with Crippen LogP contribution in [0.25, 0.3) is 0 Å². The molecule has 2 heterocycles. The minimum Gasteiger partial charge on any atom is -0.459 e. The Bertz CT molecular complexity index is 968. The van der Waals surface area contributed by atoms with Gasteiger partial charge in [-0.15, -0.1) is 16.8 Å². The fourth-order valence-electron chi connectivity index (χ4n) is 2.37. The molecule has 0 aliphatic carbocycles. The monoisotopic (exact) mass is 460 g/mol. The molecule has 0 radical (unpaired) electrons. The molecular weight excluding hydrogens is 444 g/mol. The molecule has 9 heteroatoms. The van der Waals surface area contributed by atoms with Crippen LogP contribution in [0.15, 0.2) is 69.4 Å². The van der Waals surface area contributed by atoms with Crippen molar-refractivity contribution >= 4 is 39.4 Å². The summed E-state index contributed by atoms with van der Waals surface area (Å²) < 4.78 is 7.80. The van der Waals surface area contributed by atoms with E-state index in [-0.39, 0.29) is 29.7 Å². The van der Waals surface area contributed by atoms with E-state index >= 15 is 0 Å². The number of carbonyl (C=O) groups excluding carboxylic acids is 2. The minimum atomic E-state index is -0.335. The van der Waals surface area contributed by atoms with Crippen LogP contribution in [0.3, 0.4) is 0 Å². The molecular formula is C19H17BrN4O3S. The molecule has 0 aliphatic heterocycles. The van der Waals surface area contributed by atoms with Crippen LogP contribution in [0.4, 0.5) is 0 Å². The van der Waals surface area contributed by atoms with Crippen LogP contribution in [-0.2, 0) is 13.1 Å². The Morgan fingerprint density at radius 2 is 2.04 bits per heavy atom. The summed E-state index contributed by atoms with van der Waals surface area (Å²) in [4.78, 5) is 24.4. The fourth-order valence-corrected chi connectivity index (χ4v) is 3.50. The maximum absolute atomic E-state index is 12.4. The van der Waals surface area contributed by atoms with E-state index < -0.39 is 0 Å². The van der Waals surface area contributed by atoms with Crippen molar-refractivity contribution in [3.8, 4) is 0 Å². The van der Waals surface area contributed by atoms with Crippen molar-refractivity contribution in [2.75, 3.05) is 5.75 Å². The molecule has 0 saturated heterocycles. The van der Waals surface area contributed by atoms with Gasteiger partial charge < -0.3 is 14.3 Å². The third-order valence-corrected chi connectivity index (χ3v) is 5.25. The van der Waals surface area contributed by atoms with Crippen LogP contribution in [0.5, 0.6) is 0 Å². The summed E-state index contributed by atoms with van der Waals surface area (Å²) in [5.41, 5.74) is 0.636. The first-order valence-corrected chi connectivity index (χ1v) is 10.1. The summed E-state index contributed by atoms with van der Waals surface area (Å²) in [6, 6.07) is 10.4. The number of rotatable bonds is 9. The lowest BCUT2D eigenvalue weighted by Gasteiger charge is -2.08. The minimum absolute atomic E-state index is 0.00155. The molecule has 1 aromatic carbocycles. The highest BCUT2D eigenvalue weighted by molar-refractivity contribution is 9.10. The molecule has 2 aromatic heterocycles. The Morgan fingerprint density at radius 3 is 2.71 bits per heavy atom. The number of amides is 1. The van der Waals surface area contributed by atoms with Gasteiger partial charge >= 0.3 is 0 Å². The summed E-state index contributed by atoms with van der Waals surface area (Å²) in [6.45, 7) is 4.39. The molecule has 28 heavy (non-hydrogen) atoms. The topological polar surface area (TPSA) is 90.0 Å². The Labute approximate surface area is 174 Å². The second-order valence-corrected chi connectivity index (χ2v) is 7.53. The molecule has 0 fully saturated rings. The van der Waals surface area contributed by atoms with E-state index in [2.05, 4.69) is 38.0 Å². The second-order valence-electron chi connectivity index (χ2n) is 5.68. The zero-order chi connectivity index (χ0) is 19.9. The molecule has 0 unspecified atom stereocenters. The standard InChI is InChI=1S/C19H17BrN4O3S/c1-2-9-24-17(11-21-18(26)16-4-3-10-27-16)22-23-19(24)28-12-15(25)13-5-7-14(20)8-6-13/h2-8,10H,1,9,11-12H2,(H,21,26). The van der Waals surface area contributed by atoms with Crippen molar-refractivity contribution in [2.45, 2.75) is 18.2 Å². The lowest BCUT2D eigenvalue weighted by Crippen LogP contribution is -2.24. The normalized spacial score (nSPS) is 10.6. The van der Waals surface area contributed by atoms with Crippen LogP contribution in [0.2, 0.25) is 0 Å². The number of hydrogen-bond donors (Lipinski definition) is 1. The van der Waals surface area contributed by atoms with Gasteiger partial charge in [0.15, 0.2) is 22.5 Å². The van der Waals surface area contributed by atoms with Gasteiger partial charge in [-0.3, -0.25) is 9.59 Å². The molecule has 0 aliphatic rings. The Hall–Kier alpha value is -2.65. The highest BCUT2D eigenvalue weighted by Crippen LogP contribution is 2.20. The van der Waals surface area contributed by atoms with Crippen molar-refractivity contribution in [3.63, 3.8) is 0 Å². The first-order chi connectivity index (χ1) is 13.6. The van der Waals surface area contributed by atoms with Gasteiger partial charge in [0.05, 0.1) is 18.6 Å². The van der Waals surface area contributed by atoms with Crippen LogP contribution < -0.4 is 5.32 Å². The highest BCUT2D eigenvalue weighted by Gasteiger charge is 2.16. The fraction of sp³-hybridized carbons (Fsp3) is 0.158. The van der Waals surface area contributed by atoms with Gasteiger partial charge in [-0.2, -0.15) is 0 Å². The van der Waals surface area contributed by atoms with Crippen LogP contribution in [0.1, 0.15) is 26.7 Å². The zero-order valence-electron chi connectivity index (χ0n) is 14.8. The SMILES string of the molecule is C=CCn1c(CNC(=O)c2ccco2)nnc1SCC(=O)c1ccc(Br)cc1. The number of nitrogens with zero attached hydrogens (tertiary/aromatic N) is 3. The molecule has 3 rings (SSSR count). The van der Waals surface area contributed by atoms with Gasteiger partial charge in [-0.1, -0.05) is 45.9 Å². The van der Waals surface area contributed by atoms with E-state index in [0.29, 0.717) is 23.1 Å². The quantitative estimate of drug-likeness (QED) is 0.297. The Kier molecular flexibility index (Phi) is 6.83. The molecule has 144 valence electrons. The van der Waals surface area contributed by atoms with Crippen molar-refractivity contribution in [1.82, 2.24) is 20.1 Å². The maximum Gasteiger partial charge on any atom is 0.287 e. The summed E-state index contributed by atoms with van der Waals surface area (Å²) in [5, 5.41) is 11.6. The number of hydrogen-bond acceptors (Lipinski definition) is 6. The third kappa shape index (κ3) is 4.99. The molecule has 7 nitrogen and oxygen atoms in total. The molecule has 0 atom stereocenters. The van der Waals surface area contributed by atoms with Gasteiger partial charge in [0, 0.05) is 16.6 Å². The maximum atomic E-state index is 12.4. The number of Topliss-reactive ketones (excluding diaryl/α,β-unsaturated/α-hetero) is 1. The van der Waals surface area contributed by atoms with E-state index in [9.17, 15) is 9.59 Å². The number of halogens is 1. The van der Waals surface area contributed by atoms with E-state index in [1.807, 2.05) is 16.7 Å². The molecule has 0 spiro atoms. The highest BCUT2D eigenvalue weighted by atomic mass is 79.9. The first kappa shape index (κ1) is 20.1. The number of allylic oxidation sites excluding steroid dienone is 1. The van der Waals surface area contributed by atoms with Crippen molar-refractivity contribution < 1.29 is 14.0 Å². The third-order valence-electron chi connectivity index (χ3n) is 3.76. The number of thioether (sulfide) groups is 1. The number of carbonyl (C=O) groups is 2. The van der Waals surface area contributed by atoms with Crippen LogP contribution >= 0.6 is 27.7 Å². The molecule has 0 saturated carbocycles. The predicted octanol–water partition coefficient (Wildman–Crippen LogP) is 3.72. The molecule has 0 bridgehead atoms. The number of aromatic nitrogens is 3. The smallest absolute Gasteiger partial charge is 0.287 e. The largest absolute Gasteiger partial charge is 0.459 e. The van der Waals surface area contributed by atoms with Gasteiger partial charge in [0.1, 0.15) is 0 Å². The van der Waals surface area contributed by atoms with Crippen LogP contribution in [-0.4, -0.2) is 32.2 Å². The van der Waals surface area contributed by atoms with Gasteiger partial charge in [0.25, 0.3) is 5.91 Å². The van der Waals surface area contributed by atoms with Gasteiger partial charge in [0.2, 0.25) is 0 Å². The van der Waals surface area contributed by atoms with Crippen molar-refractivity contribution in [1.29, 1.82) is 0 Å². The van der Waals surface area contributed by atoms with Crippen LogP contribution in [0, 0.1) is 0 Å². The van der Waals surface area contributed by atoms with E-state index in [4.69, 9.17) is 4.42 Å². The van der Waals surface area contributed by atoms with E-state index in [0.717, 1.165) is 4.47 Å². The lowest BCUT2D eigenvalue weighted by atomic mass is 10.2. The van der Waals surface area contributed by atoms with E-state index in [1.165, 1.54) is 18.0 Å². The Morgan fingerprint density at radius 1 is 1.25 bits per heavy atom. The predicted molar refractivity (Wildman–Crippen MR) is 109 cm³/mol. The molecule has 1 amide bonds. The summed E-state index contributed by atoms with van der Waals surface area (Å²) in [5.74, 6) is 0.689. The molecule has 1 N–H and O–H groups in total. The van der Waals surface area contributed by atoms with Crippen molar-refractivity contribution in [2.24, 2.45) is 0 Å². The second kappa shape index (κ2) is 9.52. The summed E-state index contributed by atoms with van der Waals surface area (Å²) in [6.07, 6.45) is 3.15.